The summed E-state index contributed by atoms with van der Waals surface area (Å²) in [6.45, 7) is 3.32. The Morgan fingerprint density at radius 2 is 2.25 bits per heavy atom. The van der Waals surface area contributed by atoms with Crippen LogP contribution in [0, 0.1) is 0 Å². The predicted molar refractivity (Wildman–Crippen MR) is 22.0 cm³/mol. The van der Waals surface area contributed by atoms with Gasteiger partial charge in [0, 0.05) is 0 Å². The summed E-state index contributed by atoms with van der Waals surface area (Å²) in [5, 5.41) is 6.40. The summed E-state index contributed by atoms with van der Waals surface area (Å²) in [4.78, 5) is 0. The van der Waals surface area contributed by atoms with Crippen LogP contribution in [0.5, 0.6) is 0 Å². The van der Waals surface area contributed by atoms with Crippen molar-refractivity contribution in [1.29, 1.82) is 0 Å². The lowest BCUT2D eigenvalue weighted by Crippen LogP contribution is -1.64. The molecule has 0 unspecified atom stereocenters. The summed E-state index contributed by atoms with van der Waals surface area (Å²) in [7, 11) is 0. The molecule has 0 aliphatic rings. The van der Waals surface area contributed by atoms with Crippen molar-refractivity contribution in [3.8, 4) is 0 Å². The van der Waals surface area contributed by atoms with Crippen LogP contribution in [0.15, 0.2) is 12.0 Å². The standard InChI is InChI=1S/C2H5NS/c1-2-4-3/h2H,1,3H2. The van der Waals surface area contributed by atoms with Crippen molar-refractivity contribution in [3.05, 3.63) is 12.0 Å². The third-order valence-electron chi connectivity index (χ3n) is 0.0962. The fourth-order valence-corrected chi connectivity index (χ4v) is 0. The highest BCUT2D eigenvalue weighted by molar-refractivity contribution is 7.99. The zero-order valence-corrected chi connectivity index (χ0v) is 3.09. The van der Waals surface area contributed by atoms with E-state index in [2.05, 4.69) is 6.58 Å². The van der Waals surface area contributed by atoms with Crippen LogP contribution in [0.25, 0.3) is 0 Å². The third-order valence-corrected chi connectivity index (χ3v) is 0.289. The largest absolute Gasteiger partial charge is 0.274 e. The molecule has 0 aromatic carbocycles. The minimum absolute atomic E-state index is 1.12. The molecule has 2 heteroatoms. The molecule has 4 heavy (non-hydrogen) atoms. The first kappa shape index (κ1) is 4.05. The molecule has 24 valence electrons. The van der Waals surface area contributed by atoms with Gasteiger partial charge in [-0.2, -0.15) is 0 Å². The summed E-state index contributed by atoms with van der Waals surface area (Å²) in [5.74, 6) is 0. The Hall–Kier alpha value is 0.0500. The van der Waals surface area contributed by atoms with Gasteiger partial charge in [0.1, 0.15) is 0 Å². The number of rotatable bonds is 1. The van der Waals surface area contributed by atoms with Crippen molar-refractivity contribution in [2.45, 2.75) is 0 Å². The van der Waals surface area contributed by atoms with Gasteiger partial charge < -0.3 is 0 Å². The van der Waals surface area contributed by atoms with Crippen molar-refractivity contribution in [3.63, 3.8) is 0 Å². The third kappa shape index (κ3) is 2.05. The van der Waals surface area contributed by atoms with Crippen LogP contribution in [-0.4, -0.2) is 0 Å². The topological polar surface area (TPSA) is 26.0 Å². The molecule has 0 saturated carbocycles. The van der Waals surface area contributed by atoms with Crippen LogP contribution < -0.4 is 5.14 Å². The highest BCUT2D eigenvalue weighted by Gasteiger charge is 1.43. The van der Waals surface area contributed by atoms with Gasteiger partial charge in [-0.3, -0.25) is 5.14 Å². The monoisotopic (exact) mass is 75.0 g/mol. The summed E-state index contributed by atoms with van der Waals surface area (Å²) in [6, 6.07) is 0. The maximum absolute atomic E-state index is 4.83. The van der Waals surface area contributed by atoms with Crippen LogP contribution in [0.4, 0.5) is 0 Å². The average molecular weight is 75.1 g/mol. The molecule has 2 N–H and O–H groups in total. The molecule has 0 aliphatic heterocycles. The van der Waals surface area contributed by atoms with Gasteiger partial charge in [-0.05, 0) is 5.41 Å². The fourth-order valence-electron chi connectivity index (χ4n) is 0. The number of hydrogen-bond acceptors (Lipinski definition) is 2. The van der Waals surface area contributed by atoms with Gasteiger partial charge in [0.15, 0.2) is 0 Å². The molecule has 0 aromatic rings. The van der Waals surface area contributed by atoms with Gasteiger partial charge in [-0.15, -0.1) is 0 Å². The Bertz CT molecular complexity index is 20.0. The molecule has 0 radical (unpaired) electrons. The molecule has 0 spiro atoms. The van der Waals surface area contributed by atoms with Gasteiger partial charge in [0.2, 0.25) is 0 Å². The van der Waals surface area contributed by atoms with Crippen molar-refractivity contribution < 1.29 is 0 Å². The smallest absolute Gasteiger partial charge is 0.0210 e. The number of hydrogen-bond donors (Lipinski definition) is 1. The summed E-state index contributed by atoms with van der Waals surface area (Å²) < 4.78 is 0. The first-order valence-electron chi connectivity index (χ1n) is 0.880. The summed E-state index contributed by atoms with van der Waals surface area (Å²) in [6.07, 6.45) is 0. The van der Waals surface area contributed by atoms with E-state index in [0.717, 1.165) is 11.9 Å². The normalized spacial score (nSPS) is 6.25. The zero-order chi connectivity index (χ0) is 3.41. The van der Waals surface area contributed by atoms with Gasteiger partial charge in [-0.25, -0.2) is 0 Å². The Balaban J connectivity index is 2.30. The molecule has 0 aromatic heterocycles. The maximum atomic E-state index is 4.83. The zero-order valence-electron chi connectivity index (χ0n) is 2.27. The molecule has 1 nitrogen and oxygen atoms in total. The van der Waals surface area contributed by atoms with E-state index in [9.17, 15) is 0 Å². The van der Waals surface area contributed by atoms with Crippen LogP contribution in [0.3, 0.4) is 0 Å². The SMILES string of the molecule is C=CSN. The molecule has 0 bridgehead atoms. The minimum atomic E-state index is 1.12. The van der Waals surface area contributed by atoms with Crippen LogP contribution in [0.2, 0.25) is 0 Å². The van der Waals surface area contributed by atoms with Crippen molar-refractivity contribution in [1.82, 2.24) is 0 Å². The van der Waals surface area contributed by atoms with Crippen molar-refractivity contribution >= 4 is 11.9 Å². The second kappa shape index (κ2) is 3.05. The Morgan fingerprint density at radius 3 is 2.25 bits per heavy atom. The Kier molecular flexibility index (Phi) is 3.09. The van der Waals surface area contributed by atoms with E-state index in [-0.39, 0.29) is 0 Å². The van der Waals surface area contributed by atoms with Crippen LogP contribution in [-0.2, 0) is 0 Å². The lowest BCUT2D eigenvalue weighted by molar-refractivity contribution is 2.05. The van der Waals surface area contributed by atoms with Crippen molar-refractivity contribution in [2.75, 3.05) is 0 Å². The van der Waals surface area contributed by atoms with E-state index in [1.54, 1.807) is 5.41 Å². The molecule has 0 aliphatic carbocycles. The molecule has 0 heterocycles. The Labute approximate surface area is 30.0 Å². The molecule has 0 saturated heterocycles. The van der Waals surface area contributed by atoms with Crippen LogP contribution in [0.1, 0.15) is 0 Å². The first-order valence-corrected chi connectivity index (χ1v) is 1.82. The highest BCUT2D eigenvalue weighted by Crippen LogP contribution is 1.77. The van der Waals surface area contributed by atoms with Crippen LogP contribution >= 0.6 is 11.9 Å². The van der Waals surface area contributed by atoms with E-state index >= 15 is 0 Å². The summed E-state index contributed by atoms with van der Waals surface area (Å²) in [5.41, 5.74) is 0. The predicted octanol–water partition coefficient (Wildman–Crippen LogP) is 0.737. The number of nitrogens with two attached hydrogens (primary N) is 1. The average Bonchev–Trinajstić information content (AvgIpc) is 1.37. The molecule has 0 rings (SSSR count). The van der Waals surface area contributed by atoms with Crippen molar-refractivity contribution in [2.24, 2.45) is 5.14 Å². The van der Waals surface area contributed by atoms with E-state index in [1.165, 1.54) is 0 Å². The van der Waals surface area contributed by atoms with Gasteiger partial charge in [-0.1, -0.05) is 18.5 Å². The van der Waals surface area contributed by atoms with Gasteiger partial charge in [0.25, 0.3) is 0 Å². The van der Waals surface area contributed by atoms with E-state index in [4.69, 9.17) is 5.14 Å². The summed E-state index contributed by atoms with van der Waals surface area (Å²) >= 11 is 1.12. The second-order valence-corrected chi connectivity index (χ2v) is 0.908. The quantitative estimate of drug-likeness (QED) is 0.465. The fraction of sp³-hybridized carbons (Fsp3) is 0. The minimum Gasteiger partial charge on any atom is -0.274 e. The lowest BCUT2D eigenvalue weighted by atomic mass is 11.3. The lowest BCUT2D eigenvalue weighted by Gasteiger charge is -1.60. The molecule has 0 atom stereocenters. The second-order valence-electron chi connectivity index (χ2n) is 0.303. The van der Waals surface area contributed by atoms with Gasteiger partial charge >= 0.3 is 0 Å². The van der Waals surface area contributed by atoms with E-state index in [0.29, 0.717) is 0 Å². The molecular weight excluding hydrogens is 70.1 g/mol. The maximum Gasteiger partial charge on any atom is -0.0210 e. The van der Waals surface area contributed by atoms with E-state index < -0.39 is 0 Å². The van der Waals surface area contributed by atoms with E-state index in [1.807, 2.05) is 0 Å². The van der Waals surface area contributed by atoms with Gasteiger partial charge in [0.05, 0.1) is 0 Å². The molecular formula is C2H5NS. The highest BCUT2D eigenvalue weighted by atomic mass is 32.2. The first-order chi connectivity index (χ1) is 1.91. The molecule has 0 amide bonds. The molecule has 0 fully saturated rings. The Morgan fingerprint density at radius 1 is 2.00 bits per heavy atom.